The van der Waals surface area contributed by atoms with E-state index in [2.05, 4.69) is 6.07 Å². The highest BCUT2D eigenvalue weighted by Gasteiger charge is 2.17. The number of carbonyl (C=O) groups is 1. The van der Waals surface area contributed by atoms with Crippen molar-refractivity contribution >= 4 is 17.3 Å². The Kier molecular flexibility index (Phi) is 3.72. The molecule has 0 saturated heterocycles. The molecule has 0 aliphatic heterocycles. The van der Waals surface area contributed by atoms with Gasteiger partial charge in [0, 0.05) is 16.8 Å². The highest BCUT2D eigenvalue weighted by Crippen LogP contribution is 2.28. The number of esters is 1. The first-order valence-corrected chi connectivity index (χ1v) is 6.76. The summed E-state index contributed by atoms with van der Waals surface area (Å²) >= 11 is 1.53. The quantitative estimate of drug-likeness (QED) is 0.808. The fourth-order valence-electron chi connectivity index (χ4n) is 1.92. The first-order valence-electron chi connectivity index (χ1n) is 5.94. The number of nitrogens with zero attached hydrogens (tertiary/aromatic N) is 2. The van der Waals surface area contributed by atoms with Crippen LogP contribution in [0.1, 0.15) is 33.4 Å². The van der Waals surface area contributed by atoms with E-state index in [0.717, 1.165) is 15.6 Å². The van der Waals surface area contributed by atoms with Gasteiger partial charge in [0.15, 0.2) is 0 Å². The second-order valence-electron chi connectivity index (χ2n) is 4.09. The molecule has 0 aromatic carbocycles. The smallest absolute Gasteiger partial charge is 0.339 e. The van der Waals surface area contributed by atoms with Gasteiger partial charge >= 0.3 is 5.97 Å². The molecular weight excluding hydrogens is 260 g/mol. The zero-order valence-corrected chi connectivity index (χ0v) is 11.9. The Morgan fingerprint density at radius 1 is 1.53 bits per heavy atom. The van der Waals surface area contributed by atoms with E-state index < -0.39 is 0 Å². The number of rotatable bonds is 3. The largest absolute Gasteiger partial charge is 0.462 e. The molecule has 2 heterocycles. The van der Waals surface area contributed by atoms with Gasteiger partial charge in [-0.2, -0.15) is 5.26 Å². The van der Waals surface area contributed by atoms with Crippen LogP contribution in [0.4, 0.5) is 0 Å². The Hall–Kier alpha value is -2.06. The van der Waals surface area contributed by atoms with Gasteiger partial charge in [-0.15, -0.1) is 11.3 Å². The van der Waals surface area contributed by atoms with Gasteiger partial charge in [-0.3, -0.25) is 0 Å². The van der Waals surface area contributed by atoms with E-state index in [1.54, 1.807) is 19.2 Å². The molecule has 0 bridgehead atoms. The molecule has 2 aromatic rings. The lowest BCUT2D eigenvalue weighted by molar-refractivity contribution is 0.0525. The van der Waals surface area contributed by atoms with Crippen molar-refractivity contribution in [2.45, 2.75) is 20.8 Å². The zero-order chi connectivity index (χ0) is 14.0. The number of thiophene rings is 1. The maximum absolute atomic E-state index is 11.8. The molecule has 0 aliphatic carbocycles. The summed E-state index contributed by atoms with van der Waals surface area (Å²) in [5, 5.41) is 9.98. The third kappa shape index (κ3) is 2.40. The lowest BCUT2D eigenvalue weighted by atomic mass is 10.2. The van der Waals surface area contributed by atoms with Gasteiger partial charge < -0.3 is 9.30 Å². The van der Waals surface area contributed by atoms with Crippen molar-refractivity contribution in [1.82, 2.24) is 4.57 Å². The topological polar surface area (TPSA) is 55.0 Å². The van der Waals surface area contributed by atoms with E-state index in [-0.39, 0.29) is 5.97 Å². The van der Waals surface area contributed by atoms with Gasteiger partial charge in [0.25, 0.3) is 0 Å². The third-order valence-electron chi connectivity index (χ3n) is 2.81. The Balaban J connectivity index is 2.48. The van der Waals surface area contributed by atoms with Gasteiger partial charge in [-0.25, -0.2) is 4.79 Å². The molecule has 0 aliphatic rings. The van der Waals surface area contributed by atoms with Gasteiger partial charge in [0.2, 0.25) is 0 Å². The number of hydrogen-bond donors (Lipinski definition) is 0. The van der Waals surface area contributed by atoms with Crippen LogP contribution in [0.25, 0.3) is 5.00 Å². The van der Waals surface area contributed by atoms with Crippen LogP contribution in [0.15, 0.2) is 18.3 Å². The van der Waals surface area contributed by atoms with Crippen molar-refractivity contribution < 1.29 is 9.53 Å². The monoisotopic (exact) mass is 274 g/mol. The van der Waals surface area contributed by atoms with E-state index in [0.29, 0.717) is 17.7 Å². The minimum absolute atomic E-state index is 0.328. The first kappa shape index (κ1) is 13.4. The van der Waals surface area contributed by atoms with Crippen LogP contribution in [0, 0.1) is 25.2 Å². The molecule has 98 valence electrons. The van der Waals surface area contributed by atoms with Crippen molar-refractivity contribution in [3.63, 3.8) is 0 Å². The lowest BCUT2D eigenvalue weighted by Crippen LogP contribution is -2.06. The highest BCUT2D eigenvalue weighted by molar-refractivity contribution is 7.14. The summed E-state index contributed by atoms with van der Waals surface area (Å²) in [5.41, 5.74) is 1.95. The van der Waals surface area contributed by atoms with Crippen molar-refractivity contribution in [3.05, 3.63) is 40.0 Å². The molecule has 0 amide bonds. The second kappa shape index (κ2) is 5.29. The molecule has 0 unspecified atom stereocenters. The van der Waals surface area contributed by atoms with E-state index in [9.17, 15) is 4.79 Å². The molecule has 0 fully saturated rings. The van der Waals surface area contributed by atoms with Crippen molar-refractivity contribution in [3.8, 4) is 11.1 Å². The molecule has 5 heteroatoms. The second-order valence-corrected chi connectivity index (χ2v) is 5.33. The summed E-state index contributed by atoms with van der Waals surface area (Å²) in [4.78, 5) is 12.8. The minimum Gasteiger partial charge on any atom is -0.462 e. The molecule has 0 atom stereocenters. The van der Waals surface area contributed by atoms with Crippen LogP contribution in [0.5, 0.6) is 0 Å². The molecule has 0 N–H and O–H groups in total. The van der Waals surface area contributed by atoms with E-state index in [4.69, 9.17) is 10.00 Å². The van der Waals surface area contributed by atoms with Crippen molar-refractivity contribution in [2.24, 2.45) is 0 Å². The van der Waals surface area contributed by atoms with Gasteiger partial charge in [-0.1, -0.05) is 0 Å². The maximum Gasteiger partial charge on any atom is 0.339 e. The third-order valence-corrected chi connectivity index (χ3v) is 3.86. The average Bonchev–Trinajstić information content (AvgIpc) is 2.92. The Labute approximate surface area is 115 Å². The summed E-state index contributed by atoms with van der Waals surface area (Å²) in [6, 6.07) is 5.76. The number of ether oxygens (including phenoxy) is 1. The average molecular weight is 274 g/mol. The molecule has 0 radical (unpaired) electrons. The summed E-state index contributed by atoms with van der Waals surface area (Å²) < 4.78 is 6.87. The summed E-state index contributed by atoms with van der Waals surface area (Å²) in [6.07, 6.45) is 1.80. The van der Waals surface area contributed by atoms with E-state index in [1.807, 2.05) is 24.5 Å². The van der Waals surface area contributed by atoms with Crippen LogP contribution in [0.3, 0.4) is 0 Å². The van der Waals surface area contributed by atoms with Gasteiger partial charge in [-0.05, 0) is 32.9 Å². The standard InChI is InChI=1S/C14H14N2O2S/c1-4-18-14(17)12-5-6-16(10(12)3)13-11(8-15)7-9(2)19-13/h5-7H,4H2,1-3H3. The van der Waals surface area contributed by atoms with Crippen molar-refractivity contribution in [1.29, 1.82) is 5.26 Å². The van der Waals surface area contributed by atoms with Gasteiger partial charge in [0.1, 0.15) is 11.1 Å². The van der Waals surface area contributed by atoms with E-state index >= 15 is 0 Å². The molecule has 4 nitrogen and oxygen atoms in total. The Morgan fingerprint density at radius 3 is 2.89 bits per heavy atom. The Morgan fingerprint density at radius 2 is 2.26 bits per heavy atom. The van der Waals surface area contributed by atoms with Crippen molar-refractivity contribution in [2.75, 3.05) is 6.61 Å². The highest BCUT2D eigenvalue weighted by atomic mass is 32.1. The zero-order valence-electron chi connectivity index (χ0n) is 11.1. The molecule has 19 heavy (non-hydrogen) atoms. The summed E-state index contributed by atoms with van der Waals surface area (Å²) in [5.74, 6) is -0.328. The molecule has 0 saturated carbocycles. The van der Waals surface area contributed by atoms with E-state index in [1.165, 1.54) is 11.3 Å². The number of aryl methyl sites for hydroxylation is 1. The number of nitriles is 1. The molecule has 0 spiro atoms. The van der Waals surface area contributed by atoms with Crippen LogP contribution in [-0.2, 0) is 4.74 Å². The predicted molar refractivity (Wildman–Crippen MR) is 73.8 cm³/mol. The number of aromatic nitrogens is 1. The minimum atomic E-state index is -0.328. The SMILES string of the molecule is CCOC(=O)c1ccn(-c2sc(C)cc2C#N)c1C. The van der Waals surface area contributed by atoms with Gasteiger partial charge in [0.05, 0.1) is 17.7 Å². The fraction of sp³-hybridized carbons (Fsp3) is 0.286. The molecule has 2 rings (SSSR count). The fourth-order valence-corrected chi connectivity index (χ4v) is 2.91. The van der Waals surface area contributed by atoms with Crippen LogP contribution >= 0.6 is 11.3 Å². The number of hydrogen-bond acceptors (Lipinski definition) is 4. The summed E-state index contributed by atoms with van der Waals surface area (Å²) in [6.45, 7) is 5.94. The first-order chi connectivity index (χ1) is 9.08. The summed E-state index contributed by atoms with van der Waals surface area (Å²) in [7, 11) is 0. The lowest BCUT2D eigenvalue weighted by Gasteiger charge is -2.05. The van der Waals surface area contributed by atoms with Crippen LogP contribution in [0.2, 0.25) is 0 Å². The molecular formula is C14H14N2O2S. The maximum atomic E-state index is 11.8. The normalized spacial score (nSPS) is 10.2. The van der Waals surface area contributed by atoms with Crippen LogP contribution in [-0.4, -0.2) is 17.1 Å². The Bertz CT molecular complexity index is 662. The number of carbonyl (C=O) groups excluding carboxylic acids is 1. The predicted octanol–water partition coefficient (Wildman–Crippen LogP) is 3.20. The molecule has 2 aromatic heterocycles. The van der Waals surface area contributed by atoms with Crippen LogP contribution < -0.4 is 0 Å².